The molecule has 23 heavy (non-hydrogen) atoms. The van der Waals surface area contributed by atoms with Gasteiger partial charge in [0.25, 0.3) is 0 Å². The number of amides is 1. The van der Waals surface area contributed by atoms with E-state index in [1.807, 2.05) is 30.3 Å². The largest absolute Gasteiger partial charge is 0.340 e. The predicted molar refractivity (Wildman–Crippen MR) is 91.1 cm³/mol. The van der Waals surface area contributed by atoms with Crippen LogP contribution in [0.4, 0.5) is 4.39 Å². The molecule has 5 heteroatoms. The minimum atomic E-state index is -0.334. The zero-order valence-electron chi connectivity index (χ0n) is 12.7. The summed E-state index contributed by atoms with van der Waals surface area (Å²) in [5.74, 6) is -0.260. The third-order valence-electron chi connectivity index (χ3n) is 4.25. The molecule has 1 heterocycles. The Morgan fingerprint density at radius 1 is 1.09 bits per heavy atom. The minimum Gasteiger partial charge on any atom is -0.340 e. The molecule has 0 unspecified atom stereocenters. The second kappa shape index (κ2) is 7.57. The molecule has 0 aliphatic carbocycles. The molecule has 1 aliphatic heterocycles. The molecule has 1 fully saturated rings. The van der Waals surface area contributed by atoms with Crippen molar-refractivity contribution in [3.8, 4) is 0 Å². The van der Waals surface area contributed by atoms with Gasteiger partial charge in [0.05, 0.1) is 6.42 Å². The van der Waals surface area contributed by atoms with E-state index in [2.05, 4.69) is 0 Å². The lowest BCUT2D eigenvalue weighted by Gasteiger charge is -2.16. The standard InChI is InChI=1S/C18H19FN2O.ClH/c19-16-9-5-4-8-14(16)10-18(22)21-11-15(17(20)12-21)13-6-2-1-3-7-13;/h1-9,15,17H,10-12,20H2;1H/t15-,17+;/m0./s1. The monoisotopic (exact) mass is 334 g/mol. The first kappa shape index (κ1) is 17.4. The van der Waals surface area contributed by atoms with Gasteiger partial charge in [-0.05, 0) is 17.2 Å². The van der Waals surface area contributed by atoms with Crippen LogP contribution in [0.3, 0.4) is 0 Å². The molecule has 1 saturated heterocycles. The number of hydrogen-bond acceptors (Lipinski definition) is 2. The van der Waals surface area contributed by atoms with Gasteiger partial charge in [-0.15, -0.1) is 12.4 Å². The first-order chi connectivity index (χ1) is 10.6. The van der Waals surface area contributed by atoms with Crippen LogP contribution < -0.4 is 5.73 Å². The number of benzene rings is 2. The highest BCUT2D eigenvalue weighted by molar-refractivity contribution is 5.85. The Labute approximate surface area is 141 Å². The fourth-order valence-electron chi connectivity index (χ4n) is 3.00. The molecule has 0 spiro atoms. The quantitative estimate of drug-likeness (QED) is 0.938. The van der Waals surface area contributed by atoms with Crippen molar-refractivity contribution >= 4 is 18.3 Å². The van der Waals surface area contributed by atoms with Gasteiger partial charge in [0.1, 0.15) is 5.82 Å². The molecule has 2 aromatic carbocycles. The Morgan fingerprint density at radius 3 is 2.43 bits per heavy atom. The smallest absolute Gasteiger partial charge is 0.227 e. The van der Waals surface area contributed by atoms with Crippen LogP contribution in [0.25, 0.3) is 0 Å². The molecule has 3 nitrogen and oxygen atoms in total. The van der Waals surface area contributed by atoms with Gasteiger partial charge in [-0.3, -0.25) is 4.79 Å². The lowest BCUT2D eigenvalue weighted by atomic mass is 9.95. The Kier molecular flexibility index (Phi) is 5.74. The van der Waals surface area contributed by atoms with Crippen LogP contribution >= 0.6 is 12.4 Å². The van der Waals surface area contributed by atoms with Crippen molar-refractivity contribution in [1.29, 1.82) is 0 Å². The highest BCUT2D eigenvalue weighted by Gasteiger charge is 2.33. The van der Waals surface area contributed by atoms with Gasteiger partial charge in [-0.1, -0.05) is 48.5 Å². The molecule has 2 atom stereocenters. The summed E-state index contributed by atoms with van der Waals surface area (Å²) in [4.78, 5) is 14.1. The minimum absolute atomic E-state index is 0. The normalized spacial score (nSPS) is 20.2. The van der Waals surface area contributed by atoms with E-state index < -0.39 is 0 Å². The van der Waals surface area contributed by atoms with E-state index in [0.717, 1.165) is 5.56 Å². The molecule has 0 radical (unpaired) electrons. The zero-order valence-corrected chi connectivity index (χ0v) is 13.5. The number of carbonyl (C=O) groups is 1. The third kappa shape index (κ3) is 3.89. The Bertz CT molecular complexity index is 665. The fraction of sp³-hybridized carbons (Fsp3) is 0.278. The van der Waals surface area contributed by atoms with E-state index in [1.54, 1.807) is 23.1 Å². The summed E-state index contributed by atoms with van der Waals surface area (Å²) in [5.41, 5.74) is 7.78. The topological polar surface area (TPSA) is 46.3 Å². The van der Waals surface area contributed by atoms with E-state index in [9.17, 15) is 9.18 Å². The van der Waals surface area contributed by atoms with Crippen LogP contribution in [0, 0.1) is 5.82 Å². The van der Waals surface area contributed by atoms with E-state index in [-0.39, 0.29) is 42.5 Å². The molecule has 0 aromatic heterocycles. The van der Waals surface area contributed by atoms with Crippen molar-refractivity contribution in [3.63, 3.8) is 0 Å². The third-order valence-corrected chi connectivity index (χ3v) is 4.25. The SMILES string of the molecule is Cl.N[C@@H]1CN(C(=O)Cc2ccccc2F)C[C@H]1c1ccccc1. The van der Waals surface area contributed by atoms with Gasteiger partial charge in [0.15, 0.2) is 0 Å². The van der Waals surface area contributed by atoms with Crippen molar-refractivity contribution in [2.75, 3.05) is 13.1 Å². The van der Waals surface area contributed by atoms with Crippen LogP contribution in [0.15, 0.2) is 54.6 Å². The average Bonchev–Trinajstić information content (AvgIpc) is 2.92. The van der Waals surface area contributed by atoms with Crippen LogP contribution in [0.1, 0.15) is 17.0 Å². The highest BCUT2D eigenvalue weighted by atomic mass is 35.5. The maximum absolute atomic E-state index is 13.7. The van der Waals surface area contributed by atoms with Gasteiger partial charge in [-0.25, -0.2) is 4.39 Å². The van der Waals surface area contributed by atoms with E-state index in [0.29, 0.717) is 18.7 Å². The van der Waals surface area contributed by atoms with Crippen molar-refractivity contribution in [1.82, 2.24) is 4.90 Å². The first-order valence-corrected chi connectivity index (χ1v) is 7.47. The molecule has 0 bridgehead atoms. The highest BCUT2D eigenvalue weighted by Crippen LogP contribution is 2.26. The maximum Gasteiger partial charge on any atom is 0.227 e. The van der Waals surface area contributed by atoms with Crippen LogP contribution in [-0.4, -0.2) is 29.9 Å². The molecular weight excluding hydrogens is 315 g/mol. The summed E-state index contributed by atoms with van der Waals surface area (Å²) in [6.45, 7) is 1.12. The molecule has 1 amide bonds. The molecular formula is C18H20ClFN2O. The van der Waals surface area contributed by atoms with E-state index >= 15 is 0 Å². The fourth-order valence-corrected chi connectivity index (χ4v) is 3.00. The van der Waals surface area contributed by atoms with Gasteiger partial charge >= 0.3 is 0 Å². The summed E-state index contributed by atoms with van der Waals surface area (Å²) in [6.07, 6.45) is 0.0842. The van der Waals surface area contributed by atoms with Gasteiger partial charge in [0, 0.05) is 25.0 Å². The number of rotatable bonds is 3. The molecule has 2 aromatic rings. The number of nitrogens with zero attached hydrogens (tertiary/aromatic N) is 1. The zero-order chi connectivity index (χ0) is 15.5. The van der Waals surface area contributed by atoms with E-state index in [4.69, 9.17) is 5.73 Å². The van der Waals surface area contributed by atoms with Gasteiger partial charge < -0.3 is 10.6 Å². The number of hydrogen-bond donors (Lipinski definition) is 1. The molecule has 122 valence electrons. The molecule has 0 saturated carbocycles. The molecule has 3 rings (SSSR count). The lowest BCUT2D eigenvalue weighted by molar-refractivity contribution is -0.129. The number of halogens is 2. The Morgan fingerprint density at radius 2 is 1.74 bits per heavy atom. The Hall–Kier alpha value is -1.91. The van der Waals surface area contributed by atoms with Gasteiger partial charge in [0.2, 0.25) is 5.91 Å². The molecule has 1 aliphatic rings. The predicted octanol–water partition coefficient (Wildman–Crippen LogP) is 2.74. The van der Waals surface area contributed by atoms with Crippen LogP contribution in [-0.2, 0) is 11.2 Å². The Balaban J connectivity index is 0.00000192. The second-order valence-electron chi connectivity index (χ2n) is 5.75. The lowest BCUT2D eigenvalue weighted by Crippen LogP contribution is -2.33. The summed E-state index contributed by atoms with van der Waals surface area (Å²) in [5, 5.41) is 0. The van der Waals surface area contributed by atoms with Gasteiger partial charge in [-0.2, -0.15) is 0 Å². The molecule has 2 N–H and O–H groups in total. The summed E-state index contributed by atoms with van der Waals surface area (Å²) in [7, 11) is 0. The van der Waals surface area contributed by atoms with Crippen LogP contribution in [0.5, 0.6) is 0 Å². The van der Waals surface area contributed by atoms with Crippen molar-refractivity contribution in [3.05, 3.63) is 71.5 Å². The summed E-state index contributed by atoms with van der Waals surface area (Å²) >= 11 is 0. The van der Waals surface area contributed by atoms with Crippen molar-refractivity contribution < 1.29 is 9.18 Å². The van der Waals surface area contributed by atoms with E-state index in [1.165, 1.54) is 6.07 Å². The average molecular weight is 335 g/mol. The number of likely N-dealkylation sites (tertiary alicyclic amines) is 1. The van der Waals surface area contributed by atoms with Crippen molar-refractivity contribution in [2.45, 2.75) is 18.4 Å². The summed E-state index contributed by atoms with van der Waals surface area (Å²) < 4.78 is 13.7. The number of carbonyl (C=O) groups excluding carboxylic acids is 1. The summed E-state index contributed by atoms with van der Waals surface area (Å²) in [6, 6.07) is 16.3. The van der Waals surface area contributed by atoms with Crippen molar-refractivity contribution in [2.24, 2.45) is 5.73 Å². The van der Waals surface area contributed by atoms with Crippen LogP contribution in [0.2, 0.25) is 0 Å². The first-order valence-electron chi connectivity index (χ1n) is 7.47. The second-order valence-corrected chi connectivity index (χ2v) is 5.75. The maximum atomic E-state index is 13.7. The number of nitrogens with two attached hydrogens (primary N) is 1.